The number of nitrogens with one attached hydrogen (secondary N) is 1. The second-order valence-electron chi connectivity index (χ2n) is 4.12. The van der Waals surface area contributed by atoms with Crippen molar-refractivity contribution in [1.82, 2.24) is 3.53 Å². The molecule has 2 atom stereocenters. The van der Waals surface area contributed by atoms with E-state index in [-0.39, 0.29) is 37.2 Å². The summed E-state index contributed by atoms with van der Waals surface area (Å²) in [6.45, 7) is 0.414. The van der Waals surface area contributed by atoms with Gasteiger partial charge in [0.05, 0.1) is 0 Å². The summed E-state index contributed by atoms with van der Waals surface area (Å²) in [7, 11) is 0. The van der Waals surface area contributed by atoms with E-state index in [1.165, 1.54) is 0 Å². The summed E-state index contributed by atoms with van der Waals surface area (Å²) in [5, 5.41) is 0. The Labute approximate surface area is 134 Å². The van der Waals surface area contributed by atoms with Gasteiger partial charge in [-0.05, 0) is 0 Å². The molecule has 5 nitrogen and oxygen atoms in total. The molecule has 1 aromatic carbocycles. The molecule has 2 heterocycles. The van der Waals surface area contributed by atoms with E-state index < -0.39 is 0 Å². The van der Waals surface area contributed by atoms with Gasteiger partial charge in [0.15, 0.2) is 0 Å². The zero-order valence-electron chi connectivity index (χ0n) is 9.69. The van der Waals surface area contributed by atoms with Crippen LogP contribution in [0.1, 0.15) is 16.8 Å². The molecule has 1 saturated heterocycles. The Kier molecular flexibility index (Phi) is 3.94. The summed E-state index contributed by atoms with van der Waals surface area (Å²) >= 11 is 2.07. The van der Waals surface area contributed by atoms with Crippen LogP contribution in [0.3, 0.4) is 0 Å². The molecule has 2 aliphatic heterocycles. The van der Waals surface area contributed by atoms with Crippen LogP contribution in [-0.4, -0.2) is 26.3 Å². The van der Waals surface area contributed by atoms with Crippen molar-refractivity contribution in [3.8, 4) is 11.5 Å². The summed E-state index contributed by atoms with van der Waals surface area (Å²) < 4.78 is 14.0. The SMILES string of the molecule is O=C1CCOc2ccc(OC(=O)C(I)C3N[I-]3)cc21. The third-order valence-electron chi connectivity index (χ3n) is 2.77. The minimum absolute atomic E-state index is 0.0243. The van der Waals surface area contributed by atoms with Crippen LogP contribution in [0.2, 0.25) is 0 Å². The van der Waals surface area contributed by atoms with Gasteiger partial charge in [0.1, 0.15) is 0 Å². The number of esters is 1. The van der Waals surface area contributed by atoms with Crippen LogP contribution in [0.25, 0.3) is 0 Å². The molecule has 0 amide bonds. The predicted octanol–water partition coefficient (Wildman–Crippen LogP) is -1.71. The van der Waals surface area contributed by atoms with Gasteiger partial charge in [-0.3, -0.25) is 0 Å². The number of Topliss-reactive ketones (excluding diaryl/α,β-unsaturated/α-hetero) is 1. The van der Waals surface area contributed by atoms with Crippen LogP contribution in [0, 0.1) is 0 Å². The van der Waals surface area contributed by atoms with E-state index in [0.29, 0.717) is 34.1 Å². The van der Waals surface area contributed by atoms with Crippen LogP contribution in [0.4, 0.5) is 0 Å². The van der Waals surface area contributed by atoms with Gasteiger partial charge in [0.25, 0.3) is 0 Å². The Bertz CT molecular complexity index is 545. The zero-order valence-corrected chi connectivity index (χ0v) is 14.0. The van der Waals surface area contributed by atoms with Crippen molar-refractivity contribution in [3.05, 3.63) is 23.8 Å². The van der Waals surface area contributed by atoms with Crippen molar-refractivity contribution >= 4 is 34.3 Å². The zero-order chi connectivity index (χ0) is 13.4. The molecule has 0 aliphatic carbocycles. The van der Waals surface area contributed by atoms with Crippen molar-refractivity contribution < 1.29 is 40.5 Å². The summed E-state index contributed by atoms with van der Waals surface area (Å²) in [6, 6.07) is 4.93. The Balaban J connectivity index is 1.76. The second kappa shape index (κ2) is 5.52. The van der Waals surface area contributed by atoms with E-state index >= 15 is 0 Å². The van der Waals surface area contributed by atoms with E-state index in [4.69, 9.17) is 9.47 Å². The van der Waals surface area contributed by atoms with E-state index in [1.54, 1.807) is 18.2 Å². The topological polar surface area (TPSA) is 74.5 Å². The molecular weight excluding hydrogens is 476 g/mol. The van der Waals surface area contributed by atoms with E-state index in [2.05, 4.69) is 26.1 Å². The molecule has 0 aromatic heterocycles. The van der Waals surface area contributed by atoms with E-state index in [0.717, 1.165) is 0 Å². The molecule has 1 fully saturated rings. The maximum atomic E-state index is 11.9. The van der Waals surface area contributed by atoms with Gasteiger partial charge in [-0.25, -0.2) is 0 Å². The second-order valence-corrected chi connectivity index (χ2v) is 8.05. The number of halogens is 2. The third-order valence-corrected chi connectivity index (χ3v) is 7.44. The van der Waals surface area contributed by atoms with Crippen molar-refractivity contribution in [2.45, 2.75) is 14.4 Å². The predicted molar refractivity (Wildman–Crippen MR) is 71.3 cm³/mol. The number of alkyl halides is 2. The van der Waals surface area contributed by atoms with Gasteiger partial charge in [-0.1, -0.05) is 0 Å². The molecule has 2 unspecified atom stereocenters. The molecular formula is C12H10I2NO4-. The van der Waals surface area contributed by atoms with Gasteiger partial charge in [-0.15, -0.1) is 0 Å². The number of carbonyl (C=O) groups is 2. The van der Waals surface area contributed by atoms with Crippen LogP contribution in [0.15, 0.2) is 18.2 Å². The van der Waals surface area contributed by atoms with Crippen molar-refractivity contribution in [1.29, 1.82) is 0 Å². The maximum absolute atomic E-state index is 11.9. The third kappa shape index (κ3) is 3.02. The Morgan fingerprint density at radius 3 is 3.11 bits per heavy atom. The van der Waals surface area contributed by atoms with Crippen LogP contribution >= 0.6 is 22.6 Å². The Morgan fingerprint density at radius 1 is 1.58 bits per heavy atom. The first kappa shape index (κ1) is 13.6. The van der Waals surface area contributed by atoms with Crippen LogP contribution < -0.4 is 34.5 Å². The van der Waals surface area contributed by atoms with Gasteiger partial charge in [0, 0.05) is 0 Å². The van der Waals surface area contributed by atoms with E-state index in [9.17, 15) is 9.59 Å². The van der Waals surface area contributed by atoms with Gasteiger partial charge in [-0.2, -0.15) is 0 Å². The number of hydrogen-bond acceptors (Lipinski definition) is 5. The number of hydrogen-bond donors (Lipinski definition) is 1. The van der Waals surface area contributed by atoms with Gasteiger partial charge in [0.2, 0.25) is 0 Å². The molecule has 0 radical (unpaired) electrons. The Hall–Kier alpha value is -0.420. The molecule has 3 rings (SSSR count). The molecule has 1 N–H and O–H groups in total. The monoisotopic (exact) mass is 486 g/mol. The Morgan fingerprint density at radius 2 is 2.37 bits per heavy atom. The number of ketones is 1. The fourth-order valence-electron chi connectivity index (χ4n) is 1.74. The quantitative estimate of drug-likeness (QED) is 0.105. The van der Waals surface area contributed by atoms with Crippen molar-refractivity contribution in [2.75, 3.05) is 6.61 Å². The average molecular weight is 486 g/mol. The van der Waals surface area contributed by atoms with Crippen LogP contribution in [-0.2, 0) is 4.79 Å². The molecule has 0 saturated carbocycles. The summed E-state index contributed by atoms with van der Waals surface area (Å²) in [6.07, 6.45) is 0.371. The normalized spacial score (nSPS) is 22.6. The first-order valence-electron chi connectivity index (χ1n) is 5.69. The van der Waals surface area contributed by atoms with Gasteiger partial charge >= 0.3 is 135 Å². The number of benzene rings is 1. The first-order valence-corrected chi connectivity index (χ1v) is 9.26. The molecule has 1 aromatic rings. The first-order chi connectivity index (χ1) is 9.15. The molecule has 102 valence electrons. The standard InChI is InChI=1S/C12H10I2NO4/c13-10(11-14-15-11)12(17)19-6-1-2-9-7(5-6)8(16)3-4-18-9/h1-2,5,10-11,15H,3-4H2/q-1. The molecule has 2 aliphatic rings. The fraction of sp³-hybridized carbons (Fsp3) is 0.333. The number of rotatable bonds is 3. The number of fused-ring (bicyclic) bond motifs is 1. The minimum atomic E-state index is -0.264. The van der Waals surface area contributed by atoms with E-state index in [1.807, 2.05) is 0 Å². The van der Waals surface area contributed by atoms with Crippen LogP contribution in [0.5, 0.6) is 11.5 Å². The average Bonchev–Trinajstić information content (AvgIpc) is 3.23. The fourth-order valence-corrected chi connectivity index (χ4v) is 4.83. The molecule has 0 spiro atoms. The summed E-state index contributed by atoms with van der Waals surface area (Å²) in [5.41, 5.74) is 0.499. The van der Waals surface area contributed by atoms with Crippen molar-refractivity contribution in [2.24, 2.45) is 0 Å². The number of carbonyl (C=O) groups excluding carboxylic acids is 2. The summed E-state index contributed by atoms with van der Waals surface area (Å²) in [4.78, 5) is 23.6. The summed E-state index contributed by atoms with van der Waals surface area (Å²) in [5.74, 6) is 0.735. The van der Waals surface area contributed by atoms with Gasteiger partial charge < -0.3 is 0 Å². The molecule has 19 heavy (non-hydrogen) atoms. The molecule has 0 bridgehead atoms. The number of ether oxygens (including phenoxy) is 2. The van der Waals surface area contributed by atoms with Crippen molar-refractivity contribution in [3.63, 3.8) is 0 Å². The molecule has 7 heteroatoms.